The van der Waals surface area contributed by atoms with Gasteiger partial charge >= 0.3 is 0 Å². The summed E-state index contributed by atoms with van der Waals surface area (Å²) in [5.41, 5.74) is 0.0415. The number of carbonyl (C=O) groups is 1. The lowest BCUT2D eigenvalue weighted by molar-refractivity contribution is -0.384. The van der Waals surface area contributed by atoms with Gasteiger partial charge in [0.2, 0.25) is 0 Å². The van der Waals surface area contributed by atoms with Crippen LogP contribution >= 0.6 is 23.8 Å². The number of carbonyl (C=O) groups excluding carboxylic acids is 1. The zero-order valence-electron chi connectivity index (χ0n) is 12.5. The van der Waals surface area contributed by atoms with Crippen molar-refractivity contribution < 1.29 is 9.72 Å². The molecule has 0 aliphatic heterocycles. The van der Waals surface area contributed by atoms with Gasteiger partial charge in [0.1, 0.15) is 5.82 Å². The molecule has 1 aliphatic carbocycles. The van der Waals surface area contributed by atoms with E-state index in [0.29, 0.717) is 23.8 Å². The van der Waals surface area contributed by atoms with Crippen molar-refractivity contribution in [1.82, 2.24) is 20.1 Å². The Labute approximate surface area is 147 Å². The number of nitro groups is 1. The van der Waals surface area contributed by atoms with Crippen molar-refractivity contribution in [3.8, 4) is 0 Å². The number of nitrogens with one attached hydrogen (secondary N) is 2. The first-order chi connectivity index (χ1) is 11.5. The Kier molecular flexibility index (Phi) is 4.63. The smallest absolute Gasteiger partial charge is 0.270 e. The standard InChI is InChI=1S/C14H14ClN5O3S/c15-11-7-9(20(22)23)3-4-10(11)13(21)16-6-5-12-17-18-14(24)19(12)8-1-2-8/h3-4,7-8H,1-2,5-6H2,(H,16,21)(H,18,24). The molecule has 2 aromatic rings. The Bertz CT molecular complexity index is 858. The molecule has 3 rings (SSSR count). The highest BCUT2D eigenvalue weighted by molar-refractivity contribution is 7.71. The average molecular weight is 368 g/mol. The lowest BCUT2D eigenvalue weighted by atomic mass is 10.2. The third kappa shape index (κ3) is 3.46. The van der Waals surface area contributed by atoms with Crippen molar-refractivity contribution in [1.29, 1.82) is 0 Å². The van der Waals surface area contributed by atoms with E-state index in [9.17, 15) is 14.9 Å². The van der Waals surface area contributed by atoms with Crippen LogP contribution in [-0.4, -0.2) is 32.1 Å². The van der Waals surface area contributed by atoms with E-state index in [2.05, 4.69) is 15.5 Å². The number of non-ortho nitro benzene ring substituents is 1. The van der Waals surface area contributed by atoms with Crippen LogP contribution in [-0.2, 0) is 6.42 Å². The van der Waals surface area contributed by atoms with Crippen molar-refractivity contribution in [3.63, 3.8) is 0 Å². The molecular weight excluding hydrogens is 354 g/mol. The molecule has 1 saturated carbocycles. The predicted molar refractivity (Wildman–Crippen MR) is 89.8 cm³/mol. The average Bonchev–Trinajstić information content (AvgIpc) is 3.30. The molecule has 1 aromatic carbocycles. The summed E-state index contributed by atoms with van der Waals surface area (Å²) in [7, 11) is 0. The number of hydrogen-bond acceptors (Lipinski definition) is 5. The fourth-order valence-corrected chi connectivity index (χ4v) is 2.97. The summed E-state index contributed by atoms with van der Waals surface area (Å²) in [4.78, 5) is 22.3. The summed E-state index contributed by atoms with van der Waals surface area (Å²) in [6, 6.07) is 4.16. The van der Waals surface area contributed by atoms with Gasteiger partial charge in [0.25, 0.3) is 11.6 Å². The number of aromatic amines is 1. The van der Waals surface area contributed by atoms with Crippen LogP contribution in [0.5, 0.6) is 0 Å². The molecule has 1 aliphatic rings. The third-order valence-electron chi connectivity index (χ3n) is 3.73. The van der Waals surface area contributed by atoms with Gasteiger partial charge in [0, 0.05) is 31.1 Å². The molecule has 8 nitrogen and oxygen atoms in total. The molecule has 1 aromatic heterocycles. The van der Waals surface area contributed by atoms with Crippen molar-refractivity contribution in [2.45, 2.75) is 25.3 Å². The monoisotopic (exact) mass is 367 g/mol. The molecule has 0 saturated heterocycles. The summed E-state index contributed by atoms with van der Waals surface area (Å²) in [6.07, 6.45) is 2.71. The van der Waals surface area contributed by atoms with Crippen molar-refractivity contribution in [2.24, 2.45) is 0 Å². The predicted octanol–water partition coefficient (Wildman–Crippen LogP) is 2.81. The van der Waals surface area contributed by atoms with E-state index >= 15 is 0 Å². The molecule has 2 N–H and O–H groups in total. The summed E-state index contributed by atoms with van der Waals surface area (Å²) < 4.78 is 2.58. The molecule has 1 heterocycles. The minimum absolute atomic E-state index is 0.0439. The zero-order chi connectivity index (χ0) is 17.3. The van der Waals surface area contributed by atoms with Gasteiger partial charge in [-0.3, -0.25) is 20.0 Å². The van der Waals surface area contributed by atoms with Gasteiger partial charge in [-0.15, -0.1) is 0 Å². The normalized spacial score (nSPS) is 13.7. The molecule has 0 spiro atoms. The topological polar surface area (TPSA) is 106 Å². The molecule has 0 radical (unpaired) electrons. The summed E-state index contributed by atoms with van der Waals surface area (Å²) in [5, 5.41) is 20.4. The van der Waals surface area contributed by atoms with Gasteiger partial charge in [-0.2, -0.15) is 5.10 Å². The maximum Gasteiger partial charge on any atom is 0.270 e. The molecule has 10 heteroatoms. The van der Waals surface area contributed by atoms with Crippen LogP contribution in [0.3, 0.4) is 0 Å². The quantitative estimate of drug-likeness (QED) is 0.464. The molecule has 1 amide bonds. The molecule has 24 heavy (non-hydrogen) atoms. The van der Waals surface area contributed by atoms with Gasteiger partial charge < -0.3 is 9.88 Å². The van der Waals surface area contributed by atoms with Gasteiger partial charge in [-0.25, -0.2) is 0 Å². The zero-order valence-corrected chi connectivity index (χ0v) is 14.1. The van der Waals surface area contributed by atoms with E-state index in [0.717, 1.165) is 24.7 Å². The van der Waals surface area contributed by atoms with E-state index in [1.807, 2.05) is 4.57 Å². The minimum atomic E-state index is -0.561. The molecule has 126 valence electrons. The molecule has 1 fully saturated rings. The van der Waals surface area contributed by atoms with E-state index in [-0.39, 0.29) is 22.2 Å². The largest absolute Gasteiger partial charge is 0.352 e. The van der Waals surface area contributed by atoms with Crippen molar-refractivity contribution >= 4 is 35.4 Å². The number of nitrogens with zero attached hydrogens (tertiary/aromatic N) is 3. The number of nitro benzene ring substituents is 1. The number of halogens is 1. The first-order valence-corrected chi connectivity index (χ1v) is 8.14. The van der Waals surface area contributed by atoms with Crippen LogP contribution in [0.15, 0.2) is 18.2 Å². The first kappa shape index (κ1) is 16.6. The third-order valence-corrected chi connectivity index (χ3v) is 4.33. The lowest BCUT2D eigenvalue weighted by Crippen LogP contribution is -2.26. The SMILES string of the molecule is O=C(NCCc1n[nH]c(=S)n1C1CC1)c1ccc([N+](=O)[O-])cc1Cl. The van der Waals surface area contributed by atoms with Crippen LogP contribution < -0.4 is 5.32 Å². The Morgan fingerprint density at radius 3 is 2.92 bits per heavy atom. The van der Waals surface area contributed by atoms with Crippen LogP contribution in [0.2, 0.25) is 5.02 Å². The molecule has 0 atom stereocenters. The number of rotatable bonds is 6. The number of aromatic nitrogens is 3. The van der Waals surface area contributed by atoms with Gasteiger partial charge in [0.15, 0.2) is 4.77 Å². The Hall–Kier alpha value is -2.26. The number of hydrogen-bond donors (Lipinski definition) is 2. The van der Waals surface area contributed by atoms with Crippen molar-refractivity contribution in [3.05, 3.63) is 49.5 Å². The molecule has 0 bridgehead atoms. The maximum absolute atomic E-state index is 12.2. The molecular formula is C14H14ClN5O3S. The number of amides is 1. The molecule has 0 unspecified atom stereocenters. The van der Waals surface area contributed by atoms with Crippen molar-refractivity contribution in [2.75, 3.05) is 6.54 Å². The van der Waals surface area contributed by atoms with E-state index in [4.69, 9.17) is 23.8 Å². The highest BCUT2D eigenvalue weighted by Crippen LogP contribution is 2.35. The minimum Gasteiger partial charge on any atom is -0.352 e. The van der Waals surface area contributed by atoms with Gasteiger partial charge in [-0.1, -0.05) is 11.6 Å². The first-order valence-electron chi connectivity index (χ1n) is 7.35. The second-order valence-corrected chi connectivity index (χ2v) is 6.27. The van der Waals surface area contributed by atoms with E-state index in [1.54, 1.807) is 0 Å². The summed E-state index contributed by atoms with van der Waals surface area (Å²) in [5.74, 6) is 0.416. The second kappa shape index (κ2) is 6.70. The van der Waals surface area contributed by atoms with Crippen LogP contribution in [0, 0.1) is 14.9 Å². The highest BCUT2D eigenvalue weighted by atomic mass is 35.5. The Balaban J connectivity index is 1.62. The van der Waals surface area contributed by atoms with Crippen LogP contribution in [0.1, 0.15) is 35.1 Å². The van der Waals surface area contributed by atoms with Gasteiger partial charge in [-0.05, 0) is 31.1 Å². The second-order valence-electron chi connectivity index (χ2n) is 5.47. The van der Waals surface area contributed by atoms with E-state index in [1.165, 1.54) is 12.1 Å². The fraction of sp³-hybridized carbons (Fsp3) is 0.357. The number of H-pyrrole nitrogens is 1. The number of benzene rings is 1. The van der Waals surface area contributed by atoms with Crippen LogP contribution in [0.25, 0.3) is 0 Å². The summed E-state index contributed by atoms with van der Waals surface area (Å²) >= 11 is 11.1. The highest BCUT2D eigenvalue weighted by Gasteiger charge is 2.27. The summed E-state index contributed by atoms with van der Waals surface area (Å²) in [6.45, 7) is 0.360. The fourth-order valence-electron chi connectivity index (χ4n) is 2.41. The van der Waals surface area contributed by atoms with Crippen LogP contribution in [0.4, 0.5) is 5.69 Å². The van der Waals surface area contributed by atoms with E-state index < -0.39 is 4.92 Å². The van der Waals surface area contributed by atoms with Gasteiger partial charge in [0.05, 0.1) is 15.5 Å². The Morgan fingerprint density at radius 1 is 1.54 bits per heavy atom. The Morgan fingerprint density at radius 2 is 2.29 bits per heavy atom. The lowest BCUT2D eigenvalue weighted by Gasteiger charge is -2.08. The maximum atomic E-state index is 12.2.